The van der Waals surface area contributed by atoms with Gasteiger partial charge >= 0.3 is 5.97 Å². The molecule has 1 heterocycles. The number of hydrogen-bond donors (Lipinski definition) is 1. The summed E-state index contributed by atoms with van der Waals surface area (Å²) in [6, 6.07) is 8.77. The van der Waals surface area contributed by atoms with Gasteiger partial charge in [0, 0.05) is 17.5 Å². The van der Waals surface area contributed by atoms with Crippen LogP contribution >= 0.6 is 11.8 Å². The Labute approximate surface area is 137 Å². The van der Waals surface area contributed by atoms with Gasteiger partial charge in [-0.2, -0.15) is 0 Å². The molecule has 0 spiro atoms. The number of carboxylic acid groups (broad SMARTS) is 1. The minimum Gasteiger partial charge on any atom is -0.480 e. The van der Waals surface area contributed by atoms with Crippen LogP contribution in [0.15, 0.2) is 29.2 Å². The second-order valence-electron chi connectivity index (χ2n) is 6.45. The Morgan fingerprint density at radius 2 is 2.18 bits per heavy atom. The summed E-state index contributed by atoms with van der Waals surface area (Å²) in [7, 11) is 0. The fourth-order valence-corrected chi connectivity index (χ4v) is 4.88. The molecular formula is C18H25NO2S. The predicted octanol–water partition coefficient (Wildman–Crippen LogP) is 4.02. The molecule has 2 aliphatic rings. The van der Waals surface area contributed by atoms with Crippen molar-refractivity contribution in [2.75, 3.05) is 5.75 Å². The van der Waals surface area contributed by atoms with Gasteiger partial charge in [-0.1, -0.05) is 31.9 Å². The number of aliphatic carboxylic acids is 1. The van der Waals surface area contributed by atoms with Crippen molar-refractivity contribution in [1.82, 2.24) is 4.90 Å². The number of likely N-dealkylation sites (tertiary alicyclic amines) is 1. The molecule has 0 radical (unpaired) electrons. The molecule has 1 aliphatic heterocycles. The van der Waals surface area contributed by atoms with Gasteiger partial charge in [0.05, 0.1) is 0 Å². The number of thioether (sulfide) groups is 1. The van der Waals surface area contributed by atoms with Gasteiger partial charge in [-0.25, -0.2) is 0 Å². The maximum absolute atomic E-state index is 11.7. The SMILES string of the molecule is CCSc1cccc(CN2C(C(=O)O)CC3CCCCC32)c1. The first-order valence-corrected chi connectivity index (χ1v) is 9.38. The van der Waals surface area contributed by atoms with Crippen molar-refractivity contribution in [1.29, 1.82) is 0 Å². The van der Waals surface area contributed by atoms with Crippen LogP contribution in [0.3, 0.4) is 0 Å². The molecule has 1 saturated carbocycles. The molecule has 3 atom stereocenters. The van der Waals surface area contributed by atoms with Crippen molar-refractivity contribution in [2.45, 2.75) is 62.6 Å². The standard InChI is InChI=1S/C18H25NO2S/c1-2-22-15-8-5-6-13(10-15)12-19-16-9-4-3-7-14(16)11-17(19)18(20)21/h5-6,8,10,14,16-17H,2-4,7,9,11-12H2,1H3,(H,20,21). The number of carboxylic acids is 1. The van der Waals surface area contributed by atoms with Gasteiger partial charge in [0.2, 0.25) is 0 Å². The highest BCUT2D eigenvalue weighted by atomic mass is 32.2. The first kappa shape index (κ1) is 15.9. The Balaban J connectivity index is 1.78. The van der Waals surface area contributed by atoms with Gasteiger partial charge < -0.3 is 5.11 Å². The van der Waals surface area contributed by atoms with Gasteiger partial charge in [-0.3, -0.25) is 9.69 Å². The summed E-state index contributed by atoms with van der Waals surface area (Å²) in [5, 5.41) is 9.60. The quantitative estimate of drug-likeness (QED) is 0.832. The van der Waals surface area contributed by atoms with E-state index < -0.39 is 5.97 Å². The van der Waals surface area contributed by atoms with Crippen LogP contribution in [0.4, 0.5) is 0 Å². The van der Waals surface area contributed by atoms with Crippen molar-refractivity contribution in [2.24, 2.45) is 5.92 Å². The summed E-state index contributed by atoms with van der Waals surface area (Å²) >= 11 is 1.84. The molecule has 4 heteroatoms. The first-order chi connectivity index (χ1) is 10.7. The van der Waals surface area contributed by atoms with Gasteiger partial charge in [0.25, 0.3) is 0 Å². The maximum Gasteiger partial charge on any atom is 0.320 e. The van der Waals surface area contributed by atoms with Crippen LogP contribution in [-0.2, 0) is 11.3 Å². The molecule has 1 aliphatic carbocycles. The lowest BCUT2D eigenvalue weighted by molar-refractivity contribution is -0.142. The predicted molar refractivity (Wildman–Crippen MR) is 90.2 cm³/mol. The summed E-state index contributed by atoms with van der Waals surface area (Å²) in [4.78, 5) is 15.2. The van der Waals surface area contributed by atoms with E-state index in [1.54, 1.807) is 0 Å². The van der Waals surface area contributed by atoms with Crippen LogP contribution in [0.2, 0.25) is 0 Å². The monoisotopic (exact) mass is 319 g/mol. The highest BCUT2D eigenvalue weighted by Crippen LogP contribution is 2.40. The zero-order chi connectivity index (χ0) is 15.5. The Morgan fingerprint density at radius 3 is 2.95 bits per heavy atom. The zero-order valence-electron chi connectivity index (χ0n) is 13.2. The fraction of sp³-hybridized carbons (Fsp3) is 0.611. The Kier molecular flexibility index (Phi) is 5.09. The number of rotatable bonds is 5. The molecule has 2 fully saturated rings. The number of nitrogens with zero attached hydrogens (tertiary/aromatic N) is 1. The number of hydrogen-bond acceptors (Lipinski definition) is 3. The third-order valence-corrected chi connectivity index (χ3v) is 5.96. The molecule has 22 heavy (non-hydrogen) atoms. The normalized spacial score (nSPS) is 28.5. The maximum atomic E-state index is 11.7. The lowest BCUT2D eigenvalue weighted by Gasteiger charge is -2.33. The van der Waals surface area contributed by atoms with Crippen molar-refractivity contribution in [3.8, 4) is 0 Å². The van der Waals surface area contributed by atoms with Crippen molar-refractivity contribution < 1.29 is 9.90 Å². The summed E-state index contributed by atoms with van der Waals surface area (Å²) < 4.78 is 0. The Morgan fingerprint density at radius 1 is 1.36 bits per heavy atom. The molecule has 3 nitrogen and oxygen atoms in total. The van der Waals surface area contributed by atoms with E-state index >= 15 is 0 Å². The highest BCUT2D eigenvalue weighted by Gasteiger charge is 2.44. The second kappa shape index (κ2) is 7.05. The molecule has 1 aromatic carbocycles. The van der Waals surface area contributed by atoms with Gasteiger partial charge in [-0.15, -0.1) is 11.8 Å². The number of carbonyl (C=O) groups is 1. The average Bonchev–Trinajstić information content (AvgIpc) is 2.87. The zero-order valence-corrected chi connectivity index (χ0v) is 14.0. The van der Waals surface area contributed by atoms with Crippen molar-refractivity contribution in [3.63, 3.8) is 0 Å². The molecular weight excluding hydrogens is 294 g/mol. The number of fused-ring (bicyclic) bond motifs is 1. The molecule has 0 amide bonds. The average molecular weight is 319 g/mol. The second-order valence-corrected chi connectivity index (χ2v) is 7.79. The molecule has 1 aromatic rings. The van der Waals surface area contributed by atoms with Crippen LogP contribution in [-0.4, -0.2) is 33.8 Å². The smallest absolute Gasteiger partial charge is 0.320 e. The molecule has 0 aromatic heterocycles. The third kappa shape index (κ3) is 3.33. The Bertz CT molecular complexity index is 534. The van der Waals surface area contributed by atoms with Crippen LogP contribution in [0.1, 0.15) is 44.6 Å². The molecule has 0 bridgehead atoms. The van der Waals surface area contributed by atoms with Crippen LogP contribution < -0.4 is 0 Å². The summed E-state index contributed by atoms with van der Waals surface area (Å²) in [6.45, 7) is 2.93. The minimum atomic E-state index is -0.645. The molecule has 3 rings (SSSR count). The summed E-state index contributed by atoms with van der Waals surface area (Å²) in [5.74, 6) is 1.01. The number of benzene rings is 1. The van der Waals surface area contributed by atoms with E-state index in [1.807, 2.05) is 11.8 Å². The van der Waals surface area contributed by atoms with Crippen LogP contribution in [0, 0.1) is 5.92 Å². The molecule has 1 N–H and O–H groups in total. The van der Waals surface area contributed by atoms with Crippen LogP contribution in [0.25, 0.3) is 0 Å². The van der Waals surface area contributed by atoms with Gasteiger partial charge in [0.15, 0.2) is 0 Å². The summed E-state index contributed by atoms with van der Waals surface area (Å²) in [6.07, 6.45) is 5.72. The van der Waals surface area contributed by atoms with Crippen molar-refractivity contribution in [3.05, 3.63) is 29.8 Å². The molecule has 1 saturated heterocycles. The molecule has 3 unspecified atom stereocenters. The summed E-state index contributed by atoms with van der Waals surface area (Å²) in [5.41, 5.74) is 1.25. The Hall–Kier alpha value is -1.00. The van der Waals surface area contributed by atoms with E-state index in [9.17, 15) is 9.90 Å². The lowest BCUT2D eigenvalue weighted by atomic mass is 9.84. The first-order valence-electron chi connectivity index (χ1n) is 8.39. The fourth-order valence-electron chi connectivity index (χ4n) is 4.13. The minimum absolute atomic E-state index is 0.296. The largest absolute Gasteiger partial charge is 0.480 e. The molecule has 120 valence electrons. The van der Waals surface area contributed by atoms with E-state index in [4.69, 9.17) is 0 Å². The van der Waals surface area contributed by atoms with E-state index in [-0.39, 0.29) is 6.04 Å². The third-order valence-electron chi connectivity index (χ3n) is 5.08. The lowest BCUT2D eigenvalue weighted by Crippen LogP contribution is -2.41. The topological polar surface area (TPSA) is 40.5 Å². The van der Waals surface area contributed by atoms with Gasteiger partial charge in [0.1, 0.15) is 6.04 Å². The highest BCUT2D eigenvalue weighted by molar-refractivity contribution is 7.99. The van der Waals surface area contributed by atoms with Gasteiger partial charge in [-0.05, 0) is 48.6 Å². The van der Waals surface area contributed by atoms with E-state index in [2.05, 4.69) is 36.1 Å². The van der Waals surface area contributed by atoms with E-state index in [0.717, 1.165) is 25.1 Å². The van der Waals surface area contributed by atoms with E-state index in [0.29, 0.717) is 12.0 Å². The van der Waals surface area contributed by atoms with Crippen LogP contribution in [0.5, 0.6) is 0 Å². The van der Waals surface area contributed by atoms with Crippen molar-refractivity contribution >= 4 is 17.7 Å². The van der Waals surface area contributed by atoms with E-state index in [1.165, 1.54) is 29.7 Å².